The van der Waals surface area contributed by atoms with Crippen LogP contribution in [0.4, 0.5) is 0 Å². The molecular weight excluding hydrogens is 186 g/mol. The number of hydrogen-bond acceptors (Lipinski definition) is 2. The van der Waals surface area contributed by atoms with E-state index in [0.717, 1.165) is 6.42 Å². The molecule has 0 aliphatic rings. The number of halogens is 1. The Balaban J connectivity index is 3.16. The van der Waals surface area contributed by atoms with Gasteiger partial charge in [0.1, 0.15) is 0 Å². The lowest BCUT2D eigenvalue weighted by atomic mass is 10.5. The average molecular weight is 196 g/mol. The first-order chi connectivity index (χ1) is 4.16. The van der Waals surface area contributed by atoms with E-state index >= 15 is 0 Å². The van der Waals surface area contributed by atoms with Gasteiger partial charge >= 0.3 is 5.97 Å². The van der Waals surface area contributed by atoms with Gasteiger partial charge in [-0.3, -0.25) is 10.1 Å². The van der Waals surface area contributed by atoms with E-state index in [1.807, 2.05) is 6.92 Å². The van der Waals surface area contributed by atoms with E-state index in [-0.39, 0.29) is 11.5 Å². The van der Waals surface area contributed by atoms with Crippen LogP contribution in [0.25, 0.3) is 0 Å². The first-order valence-electron chi connectivity index (χ1n) is 2.76. The molecule has 0 aliphatic heterocycles. The maximum absolute atomic E-state index is 9.94. The molecule has 3 nitrogen and oxygen atoms in total. The van der Waals surface area contributed by atoms with E-state index in [1.54, 1.807) is 0 Å². The van der Waals surface area contributed by atoms with Gasteiger partial charge in [-0.25, -0.2) is 0 Å². The zero-order valence-corrected chi connectivity index (χ0v) is 6.81. The van der Waals surface area contributed by atoms with Crippen molar-refractivity contribution < 1.29 is 9.90 Å². The Hall–Kier alpha value is -0.0900. The van der Waals surface area contributed by atoms with E-state index in [9.17, 15) is 4.79 Å². The zero-order chi connectivity index (χ0) is 7.28. The highest BCUT2D eigenvalue weighted by Gasteiger charge is 2.00. The van der Waals surface area contributed by atoms with Crippen LogP contribution in [0.2, 0.25) is 0 Å². The molecule has 0 radical (unpaired) electrons. The van der Waals surface area contributed by atoms with Crippen molar-refractivity contribution in [3.63, 3.8) is 0 Å². The average Bonchev–Trinajstić information content (AvgIpc) is 1.83. The van der Waals surface area contributed by atoms with Crippen LogP contribution >= 0.6 is 15.9 Å². The maximum Gasteiger partial charge on any atom is 0.317 e. The van der Waals surface area contributed by atoms with Crippen LogP contribution in [0.15, 0.2) is 0 Å². The molecule has 0 spiro atoms. The van der Waals surface area contributed by atoms with Gasteiger partial charge in [-0.15, -0.1) is 0 Å². The van der Waals surface area contributed by atoms with Crippen LogP contribution in [-0.4, -0.2) is 22.6 Å². The van der Waals surface area contributed by atoms with E-state index in [4.69, 9.17) is 5.11 Å². The summed E-state index contributed by atoms with van der Waals surface area (Å²) in [6.45, 7) is 1.98. The van der Waals surface area contributed by atoms with Crippen LogP contribution < -0.4 is 5.32 Å². The molecule has 0 aliphatic carbocycles. The van der Waals surface area contributed by atoms with Crippen molar-refractivity contribution in [1.82, 2.24) is 5.32 Å². The number of carboxylic acid groups (broad SMARTS) is 1. The third-order valence-electron chi connectivity index (χ3n) is 0.833. The van der Waals surface area contributed by atoms with E-state index in [0.29, 0.717) is 0 Å². The van der Waals surface area contributed by atoms with Crippen molar-refractivity contribution in [2.75, 3.05) is 6.54 Å². The SMILES string of the molecule is CCC(Br)NCC(=O)O. The summed E-state index contributed by atoms with van der Waals surface area (Å²) in [7, 11) is 0. The molecule has 0 amide bonds. The topological polar surface area (TPSA) is 49.3 Å². The molecular formula is C5H10BrNO2. The van der Waals surface area contributed by atoms with Crippen LogP contribution in [0.3, 0.4) is 0 Å². The molecule has 1 unspecified atom stereocenters. The van der Waals surface area contributed by atoms with Gasteiger partial charge in [0.05, 0.1) is 11.5 Å². The van der Waals surface area contributed by atoms with Crippen LogP contribution in [0.5, 0.6) is 0 Å². The van der Waals surface area contributed by atoms with Crippen molar-refractivity contribution in [2.24, 2.45) is 0 Å². The molecule has 54 valence electrons. The molecule has 2 N–H and O–H groups in total. The first kappa shape index (κ1) is 8.91. The molecule has 0 fully saturated rings. The highest BCUT2D eigenvalue weighted by Crippen LogP contribution is 1.97. The van der Waals surface area contributed by atoms with Crippen LogP contribution in [-0.2, 0) is 4.79 Å². The summed E-state index contributed by atoms with van der Waals surface area (Å²) >= 11 is 3.23. The third-order valence-corrected chi connectivity index (χ3v) is 1.80. The standard InChI is InChI=1S/C5H10BrNO2/c1-2-4(6)7-3-5(8)9/h4,7H,2-3H2,1H3,(H,8,9). The van der Waals surface area contributed by atoms with Crippen molar-refractivity contribution >= 4 is 21.9 Å². The van der Waals surface area contributed by atoms with Crippen molar-refractivity contribution in [2.45, 2.75) is 18.3 Å². The second-order valence-electron chi connectivity index (χ2n) is 1.65. The summed E-state index contributed by atoms with van der Waals surface area (Å²) in [5.74, 6) is -0.826. The van der Waals surface area contributed by atoms with Gasteiger partial charge in [-0.05, 0) is 6.42 Å². The third kappa shape index (κ3) is 5.79. The quantitative estimate of drug-likeness (QED) is 0.516. The molecule has 0 heterocycles. The summed E-state index contributed by atoms with van der Waals surface area (Å²) in [5.41, 5.74) is 0. The number of aliphatic carboxylic acids is 1. The van der Waals surface area contributed by atoms with E-state index < -0.39 is 5.97 Å². The second-order valence-corrected chi connectivity index (χ2v) is 2.76. The Morgan fingerprint density at radius 1 is 1.89 bits per heavy atom. The lowest BCUT2D eigenvalue weighted by Gasteiger charge is -2.05. The minimum atomic E-state index is -0.826. The Morgan fingerprint density at radius 2 is 2.44 bits per heavy atom. The molecule has 0 saturated heterocycles. The predicted molar refractivity (Wildman–Crippen MR) is 38.6 cm³/mol. The highest BCUT2D eigenvalue weighted by molar-refractivity contribution is 9.09. The van der Waals surface area contributed by atoms with Gasteiger partial charge in [-0.1, -0.05) is 22.9 Å². The summed E-state index contributed by atoms with van der Waals surface area (Å²) in [6, 6.07) is 0. The molecule has 1 atom stereocenters. The molecule has 0 bridgehead atoms. The smallest absolute Gasteiger partial charge is 0.317 e. The number of carbonyl (C=O) groups is 1. The van der Waals surface area contributed by atoms with Gasteiger partial charge < -0.3 is 5.11 Å². The minimum absolute atomic E-state index is 0.0176. The summed E-state index contributed by atoms with van der Waals surface area (Å²) in [6.07, 6.45) is 0.882. The fourth-order valence-electron chi connectivity index (χ4n) is 0.342. The Labute approximate surface area is 62.6 Å². The lowest BCUT2D eigenvalue weighted by Crippen LogP contribution is -2.28. The molecule has 0 aromatic rings. The first-order valence-corrected chi connectivity index (χ1v) is 3.67. The van der Waals surface area contributed by atoms with Gasteiger partial charge in [0, 0.05) is 0 Å². The van der Waals surface area contributed by atoms with E-state index in [2.05, 4.69) is 21.2 Å². The van der Waals surface area contributed by atoms with Gasteiger partial charge in [-0.2, -0.15) is 0 Å². The lowest BCUT2D eigenvalue weighted by molar-refractivity contribution is -0.136. The monoisotopic (exact) mass is 195 g/mol. The number of hydrogen-bond donors (Lipinski definition) is 2. The summed E-state index contributed by atoms with van der Waals surface area (Å²) in [5, 5.41) is 10.9. The maximum atomic E-state index is 9.94. The highest BCUT2D eigenvalue weighted by atomic mass is 79.9. The summed E-state index contributed by atoms with van der Waals surface area (Å²) < 4.78 is 0. The van der Waals surface area contributed by atoms with Crippen molar-refractivity contribution in [3.05, 3.63) is 0 Å². The molecule has 0 aromatic carbocycles. The van der Waals surface area contributed by atoms with Gasteiger partial charge in [0.2, 0.25) is 0 Å². The van der Waals surface area contributed by atoms with E-state index in [1.165, 1.54) is 0 Å². The Bertz CT molecular complexity index is 97.0. The minimum Gasteiger partial charge on any atom is -0.480 e. The summed E-state index contributed by atoms with van der Waals surface area (Å²) in [4.78, 5) is 10.1. The second kappa shape index (κ2) is 4.76. The fraction of sp³-hybridized carbons (Fsp3) is 0.800. The molecule has 9 heavy (non-hydrogen) atoms. The van der Waals surface area contributed by atoms with Crippen molar-refractivity contribution in [1.29, 1.82) is 0 Å². The molecule has 0 aromatic heterocycles. The largest absolute Gasteiger partial charge is 0.480 e. The van der Waals surface area contributed by atoms with Crippen molar-refractivity contribution in [3.8, 4) is 0 Å². The van der Waals surface area contributed by atoms with Gasteiger partial charge in [0.15, 0.2) is 0 Å². The Kier molecular flexibility index (Phi) is 4.71. The number of rotatable bonds is 4. The fourth-order valence-corrected chi connectivity index (χ4v) is 0.504. The number of nitrogens with one attached hydrogen (secondary N) is 1. The molecule has 4 heteroatoms. The normalized spacial score (nSPS) is 13.1. The van der Waals surface area contributed by atoms with Gasteiger partial charge in [0.25, 0.3) is 0 Å². The number of carboxylic acids is 1. The van der Waals surface area contributed by atoms with Crippen LogP contribution in [0, 0.1) is 0 Å². The zero-order valence-electron chi connectivity index (χ0n) is 5.22. The Morgan fingerprint density at radius 3 is 2.78 bits per heavy atom. The molecule has 0 saturated carbocycles. The van der Waals surface area contributed by atoms with Crippen LogP contribution in [0.1, 0.15) is 13.3 Å². The number of alkyl halides is 1. The molecule has 0 rings (SSSR count). The predicted octanol–water partition coefficient (Wildman–Crippen LogP) is 0.792.